The van der Waals surface area contributed by atoms with Gasteiger partial charge in [0.2, 0.25) is 5.91 Å². The summed E-state index contributed by atoms with van der Waals surface area (Å²) in [6.07, 6.45) is 5.79. The van der Waals surface area contributed by atoms with E-state index in [2.05, 4.69) is 53.1 Å². The fraction of sp³-hybridized carbons (Fsp3) is 0.450. The van der Waals surface area contributed by atoms with Gasteiger partial charge in [0.25, 0.3) is 0 Å². The maximum atomic E-state index is 12.3. The van der Waals surface area contributed by atoms with Crippen LogP contribution in [0, 0.1) is 0 Å². The third kappa shape index (κ3) is 3.35. The van der Waals surface area contributed by atoms with Gasteiger partial charge in [0, 0.05) is 56.1 Å². The molecule has 1 N–H and O–H groups in total. The van der Waals surface area contributed by atoms with E-state index in [9.17, 15) is 4.79 Å². The molecule has 2 aromatic heterocycles. The average Bonchev–Trinajstić information content (AvgIpc) is 3.20. The molecule has 0 aromatic carbocycles. The van der Waals surface area contributed by atoms with Crippen molar-refractivity contribution in [2.45, 2.75) is 25.4 Å². The predicted octanol–water partition coefficient (Wildman–Crippen LogP) is 2.48. The highest BCUT2D eigenvalue weighted by Gasteiger charge is 2.37. The number of nitrogens with zero attached hydrogens (tertiary/aromatic N) is 5. The number of rotatable bonds is 3. The Morgan fingerprint density at radius 2 is 1.96 bits per heavy atom. The number of piperazine rings is 1. The lowest BCUT2D eigenvalue weighted by atomic mass is 10.1. The van der Waals surface area contributed by atoms with Gasteiger partial charge >= 0.3 is 0 Å². The van der Waals surface area contributed by atoms with Crippen LogP contribution in [0.3, 0.4) is 0 Å². The molecule has 146 valence electrons. The fourth-order valence-electron chi connectivity index (χ4n) is 4.37. The highest BCUT2D eigenvalue weighted by atomic mass is 79.9. The number of hydrogen-bond acceptors (Lipinski definition) is 6. The Morgan fingerprint density at radius 1 is 1.11 bits per heavy atom. The summed E-state index contributed by atoms with van der Waals surface area (Å²) in [7, 11) is 0. The minimum absolute atomic E-state index is 0.0360. The Morgan fingerprint density at radius 3 is 2.75 bits per heavy atom. The molecule has 2 aromatic rings. The van der Waals surface area contributed by atoms with E-state index in [0.29, 0.717) is 0 Å². The topological polar surface area (TPSA) is 64.6 Å². The van der Waals surface area contributed by atoms with E-state index in [1.54, 1.807) is 0 Å². The number of halogens is 1. The van der Waals surface area contributed by atoms with E-state index < -0.39 is 0 Å². The number of pyridine rings is 2. The summed E-state index contributed by atoms with van der Waals surface area (Å²) in [4.78, 5) is 28.4. The van der Waals surface area contributed by atoms with E-state index in [-0.39, 0.29) is 11.9 Å². The fourth-order valence-corrected chi connectivity index (χ4v) is 4.60. The summed E-state index contributed by atoms with van der Waals surface area (Å²) in [6.45, 7) is 5.65. The average molecular weight is 443 g/mol. The molecule has 0 saturated carbocycles. The molecule has 8 heteroatoms. The third-order valence-corrected chi connectivity index (χ3v) is 6.29. The van der Waals surface area contributed by atoms with E-state index in [0.717, 1.165) is 79.5 Å². The van der Waals surface area contributed by atoms with Gasteiger partial charge in [0.1, 0.15) is 11.9 Å². The summed E-state index contributed by atoms with van der Waals surface area (Å²) < 4.78 is 1.00. The van der Waals surface area contributed by atoms with Crippen molar-refractivity contribution in [2.75, 3.05) is 47.8 Å². The molecule has 5 heterocycles. The smallest absolute Gasteiger partial charge is 0.247 e. The molecule has 0 bridgehead atoms. The standard InChI is InChI=1S/C20H23BrN6O/c21-15-3-4-18(22-12-15)26-8-6-25(7-9-26)13-14-10-16-19(23-11-14)27-5-1-2-17(27)20(28)24-16/h3-4,10-12,17H,1-2,5-9,13H2,(H,24,28)/t17-/m0/s1. The first-order valence-electron chi connectivity index (χ1n) is 9.83. The number of amides is 1. The van der Waals surface area contributed by atoms with E-state index in [4.69, 9.17) is 4.98 Å². The van der Waals surface area contributed by atoms with Crippen molar-refractivity contribution in [3.63, 3.8) is 0 Å². The Balaban J connectivity index is 1.23. The van der Waals surface area contributed by atoms with Crippen LogP contribution in [0.25, 0.3) is 0 Å². The largest absolute Gasteiger partial charge is 0.354 e. The molecule has 0 spiro atoms. The summed E-state index contributed by atoms with van der Waals surface area (Å²) >= 11 is 3.44. The number of nitrogens with one attached hydrogen (secondary N) is 1. The van der Waals surface area contributed by atoms with Gasteiger partial charge in [-0.15, -0.1) is 0 Å². The van der Waals surface area contributed by atoms with E-state index >= 15 is 0 Å². The van der Waals surface area contributed by atoms with Crippen molar-refractivity contribution in [3.8, 4) is 0 Å². The SMILES string of the molecule is O=C1Nc2cc(CN3CCN(c4ccc(Br)cn4)CC3)cnc2N2CCC[C@@H]12. The molecule has 28 heavy (non-hydrogen) atoms. The molecular weight excluding hydrogens is 420 g/mol. The Labute approximate surface area is 172 Å². The zero-order valence-electron chi connectivity index (χ0n) is 15.6. The lowest BCUT2D eigenvalue weighted by Crippen LogP contribution is -2.46. The molecule has 0 aliphatic carbocycles. The van der Waals surface area contributed by atoms with E-state index in [1.807, 2.05) is 18.5 Å². The van der Waals surface area contributed by atoms with Crippen molar-refractivity contribution in [3.05, 3.63) is 40.6 Å². The molecular formula is C20H23BrN6O. The van der Waals surface area contributed by atoms with Crippen LogP contribution in [0.5, 0.6) is 0 Å². The lowest BCUT2D eigenvalue weighted by molar-refractivity contribution is -0.117. The van der Waals surface area contributed by atoms with Gasteiger partial charge in [0.05, 0.1) is 5.69 Å². The number of hydrogen-bond donors (Lipinski definition) is 1. The zero-order valence-corrected chi connectivity index (χ0v) is 17.2. The monoisotopic (exact) mass is 442 g/mol. The second kappa shape index (κ2) is 7.33. The third-order valence-electron chi connectivity index (χ3n) is 5.82. The number of fused-ring (bicyclic) bond motifs is 3. The minimum atomic E-state index is -0.0360. The van der Waals surface area contributed by atoms with Crippen molar-refractivity contribution in [1.29, 1.82) is 0 Å². The first kappa shape index (κ1) is 17.9. The van der Waals surface area contributed by atoms with Gasteiger partial charge in [-0.2, -0.15) is 0 Å². The molecule has 0 radical (unpaired) electrons. The normalized spacial score (nSPS) is 22.0. The van der Waals surface area contributed by atoms with Crippen LogP contribution in [0.4, 0.5) is 17.3 Å². The maximum Gasteiger partial charge on any atom is 0.247 e. The van der Waals surface area contributed by atoms with Crippen molar-refractivity contribution < 1.29 is 4.79 Å². The maximum absolute atomic E-state index is 12.3. The van der Waals surface area contributed by atoms with Crippen LogP contribution in [0.2, 0.25) is 0 Å². The molecule has 3 aliphatic heterocycles. The van der Waals surface area contributed by atoms with Crippen molar-refractivity contribution in [2.24, 2.45) is 0 Å². The summed E-state index contributed by atoms with van der Waals surface area (Å²) in [5.74, 6) is 2.07. The minimum Gasteiger partial charge on any atom is -0.354 e. The van der Waals surface area contributed by atoms with Crippen molar-refractivity contribution in [1.82, 2.24) is 14.9 Å². The van der Waals surface area contributed by atoms with Crippen molar-refractivity contribution >= 4 is 39.2 Å². The molecule has 3 aliphatic rings. The second-order valence-corrected chi connectivity index (χ2v) is 8.57. The molecule has 7 nitrogen and oxygen atoms in total. The van der Waals surface area contributed by atoms with Gasteiger partial charge in [-0.3, -0.25) is 9.69 Å². The van der Waals surface area contributed by atoms with Gasteiger partial charge < -0.3 is 15.1 Å². The number of carbonyl (C=O) groups excluding carboxylic acids is 1. The van der Waals surface area contributed by atoms with Crippen LogP contribution >= 0.6 is 15.9 Å². The van der Waals surface area contributed by atoms with Gasteiger partial charge in [0.15, 0.2) is 5.82 Å². The molecule has 5 rings (SSSR count). The molecule has 0 unspecified atom stereocenters. The van der Waals surface area contributed by atoms with Crippen LogP contribution in [-0.2, 0) is 11.3 Å². The van der Waals surface area contributed by atoms with Gasteiger partial charge in [-0.1, -0.05) is 0 Å². The van der Waals surface area contributed by atoms with Crippen LogP contribution in [-0.4, -0.2) is 59.5 Å². The Kier molecular flexibility index (Phi) is 4.68. The Hall–Kier alpha value is -2.19. The highest BCUT2D eigenvalue weighted by Crippen LogP contribution is 2.35. The quantitative estimate of drug-likeness (QED) is 0.787. The first-order valence-corrected chi connectivity index (χ1v) is 10.6. The number of anilines is 3. The number of carbonyl (C=O) groups is 1. The number of aromatic nitrogens is 2. The molecule has 2 saturated heterocycles. The zero-order chi connectivity index (χ0) is 19.1. The Bertz CT molecular complexity index is 881. The molecule has 1 amide bonds. The molecule has 2 fully saturated rings. The van der Waals surface area contributed by atoms with Crippen LogP contribution < -0.4 is 15.1 Å². The first-order chi connectivity index (χ1) is 13.7. The highest BCUT2D eigenvalue weighted by molar-refractivity contribution is 9.10. The lowest BCUT2D eigenvalue weighted by Gasteiger charge is -2.36. The summed E-state index contributed by atoms with van der Waals surface area (Å²) in [5, 5.41) is 3.06. The van der Waals surface area contributed by atoms with Crippen LogP contribution in [0.15, 0.2) is 35.1 Å². The molecule has 1 atom stereocenters. The van der Waals surface area contributed by atoms with E-state index in [1.165, 1.54) is 0 Å². The summed E-state index contributed by atoms with van der Waals surface area (Å²) in [6, 6.07) is 6.15. The predicted molar refractivity (Wildman–Crippen MR) is 113 cm³/mol. The van der Waals surface area contributed by atoms with Gasteiger partial charge in [-0.05, 0) is 52.5 Å². The van der Waals surface area contributed by atoms with Gasteiger partial charge in [-0.25, -0.2) is 9.97 Å². The van der Waals surface area contributed by atoms with Crippen LogP contribution in [0.1, 0.15) is 18.4 Å². The summed E-state index contributed by atoms with van der Waals surface area (Å²) in [5.41, 5.74) is 2.00. The second-order valence-electron chi connectivity index (χ2n) is 7.65.